The molecule has 0 aliphatic carbocycles. The predicted octanol–water partition coefficient (Wildman–Crippen LogP) is 3.64. The number of aromatic amines is 1. The number of H-pyrrole nitrogens is 1. The standard InChI is InChI=1S/C21H22N2O2/c1-3-25-21(24)18-12-16-15-6-4-5-7-17(15)22-20(16)19(23-18)14-10-8-13(2)9-11-14/h4-11,18-19,22-23H,3,12H2,1-2H3. The van der Waals surface area contributed by atoms with E-state index >= 15 is 0 Å². The number of fused-ring (bicyclic) bond motifs is 3. The summed E-state index contributed by atoms with van der Waals surface area (Å²) in [6, 6.07) is 16.3. The maximum Gasteiger partial charge on any atom is 0.323 e. The number of hydrogen-bond donors (Lipinski definition) is 2. The van der Waals surface area contributed by atoms with Crippen LogP contribution in [-0.4, -0.2) is 23.6 Å². The summed E-state index contributed by atoms with van der Waals surface area (Å²) in [4.78, 5) is 16.0. The van der Waals surface area contributed by atoms with E-state index in [0.717, 1.165) is 16.8 Å². The van der Waals surface area contributed by atoms with Gasteiger partial charge in [-0.25, -0.2) is 0 Å². The van der Waals surface area contributed by atoms with E-state index in [0.29, 0.717) is 13.0 Å². The van der Waals surface area contributed by atoms with Gasteiger partial charge in [0.25, 0.3) is 0 Å². The van der Waals surface area contributed by atoms with Gasteiger partial charge < -0.3 is 9.72 Å². The fourth-order valence-electron chi connectivity index (χ4n) is 3.65. The number of ether oxygens (including phenoxy) is 1. The highest BCUT2D eigenvalue weighted by atomic mass is 16.5. The molecule has 3 aromatic rings. The van der Waals surface area contributed by atoms with Crippen LogP contribution in [0.5, 0.6) is 0 Å². The van der Waals surface area contributed by atoms with E-state index in [9.17, 15) is 4.79 Å². The quantitative estimate of drug-likeness (QED) is 0.719. The highest BCUT2D eigenvalue weighted by molar-refractivity contribution is 5.87. The number of carbonyl (C=O) groups is 1. The summed E-state index contributed by atoms with van der Waals surface area (Å²) in [6.45, 7) is 4.32. The third-order valence-corrected chi connectivity index (χ3v) is 4.89. The van der Waals surface area contributed by atoms with Gasteiger partial charge in [0, 0.05) is 23.0 Å². The van der Waals surface area contributed by atoms with Crippen molar-refractivity contribution in [2.45, 2.75) is 32.4 Å². The first-order valence-electron chi connectivity index (χ1n) is 8.76. The molecule has 2 atom stereocenters. The zero-order valence-electron chi connectivity index (χ0n) is 14.5. The summed E-state index contributed by atoms with van der Waals surface area (Å²) in [5.41, 5.74) is 5.82. The average molecular weight is 334 g/mol. The second kappa shape index (κ2) is 6.37. The predicted molar refractivity (Wildman–Crippen MR) is 98.6 cm³/mol. The van der Waals surface area contributed by atoms with Crippen LogP contribution in [0, 0.1) is 6.92 Å². The minimum absolute atomic E-state index is 0.0499. The zero-order valence-corrected chi connectivity index (χ0v) is 14.5. The molecule has 4 rings (SSSR count). The van der Waals surface area contributed by atoms with Crippen molar-refractivity contribution in [2.75, 3.05) is 6.61 Å². The van der Waals surface area contributed by atoms with Crippen molar-refractivity contribution in [3.63, 3.8) is 0 Å². The average Bonchev–Trinajstić information content (AvgIpc) is 3.00. The zero-order chi connectivity index (χ0) is 17.4. The van der Waals surface area contributed by atoms with Crippen LogP contribution >= 0.6 is 0 Å². The molecule has 0 radical (unpaired) electrons. The normalized spacial score (nSPS) is 19.6. The first-order valence-corrected chi connectivity index (χ1v) is 8.76. The number of para-hydroxylation sites is 1. The van der Waals surface area contributed by atoms with E-state index in [-0.39, 0.29) is 18.1 Å². The molecule has 2 heterocycles. The summed E-state index contributed by atoms with van der Waals surface area (Å²) in [5.74, 6) is -0.185. The molecule has 0 amide bonds. The van der Waals surface area contributed by atoms with Gasteiger partial charge in [0.1, 0.15) is 6.04 Å². The summed E-state index contributed by atoms with van der Waals surface area (Å²) in [6.07, 6.45) is 0.639. The summed E-state index contributed by atoms with van der Waals surface area (Å²) in [7, 11) is 0. The van der Waals surface area contributed by atoms with Crippen LogP contribution in [0.3, 0.4) is 0 Å². The molecule has 2 N–H and O–H groups in total. The summed E-state index contributed by atoms with van der Waals surface area (Å²) < 4.78 is 5.28. The van der Waals surface area contributed by atoms with Gasteiger partial charge in [-0.1, -0.05) is 48.0 Å². The Morgan fingerprint density at radius 3 is 2.68 bits per heavy atom. The second-order valence-electron chi connectivity index (χ2n) is 6.58. The number of rotatable bonds is 3. The fourth-order valence-corrected chi connectivity index (χ4v) is 3.65. The van der Waals surface area contributed by atoms with Crippen LogP contribution in [0.1, 0.15) is 35.3 Å². The molecule has 0 saturated heterocycles. The minimum atomic E-state index is -0.335. The molecule has 1 aromatic heterocycles. The molecule has 0 saturated carbocycles. The van der Waals surface area contributed by atoms with Crippen molar-refractivity contribution in [3.05, 3.63) is 70.9 Å². The van der Waals surface area contributed by atoms with Gasteiger partial charge >= 0.3 is 5.97 Å². The molecular weight excluding hydrogens is 312 g/mol. The monoisotopic (exact) mass is 334 g/mol. The lowest BCUT2D eigenvalue weighted by Crippen LogP contribution is -2.45. The van der Waals surface area contributed by atoms with Gasteiger partial charge in [0.05, 0.1) is 12.6 Å². The maximum atomic E-state index is 12.4. The van der Waals surface area contributed by atoms with E-state index in [2.05, 4.69) is 53.6 Å². The Bertz CT molecular complexity index is 911. The van der Waals surface area contributed by atoms with Gasteiger partial charge in [-0.2, -0.15) is 0 Å². The fraction of sp³-hybridized carbons (Fsp3) is 0.286. The Morgan fingerprint density at radius 1 is 1.16 bits per heavy atom. The molecule has 25 heavy (non-hydrogen) atoms. The highest BCUT2D eigenvalue weighted by Crippen LogP contribution is 2.35. The molecule has 128 valence electrons. The highest BCUT2D eigenvalue weighted by Gasteiger charge is 2.34. The van der Waals surface area contributed by atoms with Crippen molar-refractivity contribution in [3.8, 4) is 0 Å². The molecule has 0 fully saturated rings. The summed E-state index contributed by atoms with van der Waals surface area (Å²) >= 11 is 0. The lowest BCUT2D eigenvalue weighted by Gasteiger charge is -2.30. The van der Waals surface area contributed by atoms with Crippen LogP contribution in [0.2, 0.25) is 0 Å². The van der Waals surface area contributed by atoms with Crippen molar-refractivity contribution >= 4 is 16.9 Å². The maximum absolute atomic E-state index is 12.4. The smallest absolute Gasteiger partial charge is 0.323 e. The summed E-state index contributed by atoms with van der Waals surface area (Å²) in [5, 5.41) is 4.67. The Balaban J connectivity index is 1.82. The van der Waals surface area contributed by atoms with E-state index in [1.54, 1.807) is 0 Å². The number of aromatic nitrogens is 1. The molecule has 0 spiro atoms. The van der Waals surface area contributed by atoms with Crippen LogP contribution < -0.4 is 5.32 Å². The second-order valence-corrected chi connectivity index (χ2v) is 6.58. The Kier molecular flexibility index (Phi) is 4.06. The van der Waals surface area contributed by atoms with E-state index in [4.69, 9.17) is 4.74 Å². The van der Waals surface area contributed by atoms with E-state index < -0.39 is 0 Å². The van der Waals surface area contributed by atoms with Crippen LogP contribution in [0.25, 0.3) is 10.9 Å². The topological polar surface area (TPSA) is 54.1 Å². The lowest BCUT2D eigenvalue weighted by molar-refractivity contribution is -0.146. The van der Waals surface area contributed by atoms with Crippen molar-refractivity contribution in [1.29, 1.82) is 0 Å². The van der Waals surface area contributed by atoms with Gasteiger partial charge in [-0.15, -0.1) is 0 Å². The number of aryl methyl sites for hydroxylation is 1. The van der Waals surface area contributed by atoms with Crippen LogP contribution in [0.4, 0.5) is 0 Å². The van der Waals surface area contributed by atoms with Crippen molar-refractivity contribution in [2.24, 2.45) is 0 Å². The number of carbonyl (C=O) groups excluding carboxylic acids is 1. The van der Waals surface area contributed by atoms with Gasteiger partial charge in [-0.05, 0) is 31.0 Å². The van der Waals surface area contributed by atoms with E-state index in [1.807, 2.05) is 19.1 Å². The molecule has 1 aliphatic heterocycles. The van der Waals surface area contributed by atoms with Crippen LogP contribution in [0.15, 0.2) is 48.5 Å². The molecule has 1 aliphatic rings. The number of esters is 1. The Morgan fingerprint density at radius 2 is 1.92 bits per heavy atom. The first kappa shape index (κ1) is 15.9. The Labute approximate surface area is 147 Å². The van der Waals surface area contributed by atoms with Gasteiger partial charge in [-0.3, -0.25) is 10.1 Å². The van der Waals surface area contributed by atoms with Gasteiger partial charge in [0.2, 0.25) is 0 Å². The molecule has 2 aromatic carbocycles. The molecular formula is C21H22N2O2. The van der Waals surface area contributed by atoms with Crippen LogP contribution in [-0.2, 0) is 16.0 Å². The largest absolute Gasteiger partial charge is 0.465 e. The van der Waals surface area contributed by atoms with Crippen molar-refractivity contribution in [1.82, 2.24) is 10.3 Å². The molecule has 0 bridgehead atoms. The molecule has 4 heteroatoms. The van der Waals surface area contributed by atoms with Gasteiger partial charge in [0.15, 0.2) is 0 Å². The van der Waals surface area contributed by atoms with Crippen molar-refractivity contribution < 1.29 is 9.53 Å². The SMILES string of the molecule is CCOC(=O)C1Cc2c([nH]c3ccccc23)C(c2ccc(C)cc2)N1. The lowest BCUT2D eigenvalue weighted by atomic mass is 9.90. The minimum Gasteiger partial charge on any atom is -0.465 e. The Hall–Kier alpha value is -2.59. The number of hydrogen-bond acceptors (Lipinski definition) is 3. The molecule has 2 unspecified atom stereocenters. The molecule has 4 nitrogen and oxygen atoms in total. The first-order chi connectivity index (χ1) is 12.2. The number of nitrogens with one attached hydrogen (secondary N) is 2. The third-order valence-electron chi connectivity index (χ3n) is 4.89. The number of benzene rings is 2. The third kappa shape index (κ3) is 2.83. The van der Waals surface area contributed by atoms with E-state index in [1.165, 1.54) is 16.5 Å².